The molecule has 2 fully saturated rings. The van der Waals surface area contributed by atoms with Gasteiger partial charge in [0.15, 0.2) is 0 Å². The van der Waals surface area contributed by atoms with E-state index in [1.165, 1.54) is 17.9 Å². The Morgan fingerprint density at radius 2 is 2.00 bits per heavy atom. The Morgan fingerprint density at radius 3 is 2.63 bits per heavy atom. The van der Waals surface area contributed by atoms with Gasteiger partial charge >= 0.3 is 0 Å². The number of hydrogen-bond acceptors (Lipinski definition) is 4. The van der Waals surface area contributed by atoms with Gasteiger partial charge in [-0.25, -0.2) is 0 Å². The number of thioether (sulfide) groups is 1. The zero-order valence-electron chi connectivity index (χ0n) is 13.0. The summed E-state index contributed by atoms with van der Waals surface area (Å²) in [5.74, 6) is 2.57. The standard InChI is InChI=1S/C15H30N2OS/c1-14(2)9-13(10-19-12-14)16-11-15(3,4)17-5-7-18-8-6-17/h13,16H,5-12H2,1-4H3. The van der Waals surface area contributed by atoms with E-state index < -0.39 is 0 Å². The molecule has 0 amide bonds. The molecule has 0 bridgehead atoms. The zero-order valence-corrected chi connectivity index (χ0v) is 13.8. The van der Waals surface area contributed by atoms with E-state index in [-0.39, 0.29) is 5.54 Å². The molecule has 2 saturated heterocycles. The van der Waals surface area contributed by atoms with Crippen molar-refractivity contribution in [2.24, 2.45) is 5.41 Å². The molecule has 0 radical (unpaired) electrons. The molecule has 19 heavy (non-hydrogen) atoms. The van der Waals surface area contributed by atoms with Crippen LogP contribution in [-0.4, -0.2) is 60.8 Å². The van der Waals surface area contributed by atoms with Crippen molar-refractivity contribution in [3.8, 4) is 0 Å². The van der Waals surface area contributed by atoms with Crippen LogP contribution < -0.4 is 5.32 Å². The van der Waals surface area contributed by atoms with Crippen LogP contribution in [0.3, 0.4) is 0 Å². The van der Waals surface area contributed by atoms with Gasteiger partial charge in [0, 0.05) is 37.0 Å². The van der Waals surface area contributed by atoms with Gasteiger partial charge in [0.25, 0.3) is 0 Å². The highest BCUT2D eigenvalue weighted by Crippen LogP contribution is 2.33. The van der Waals surface area contributed by atoms with E-state index in [4.69, 9.17) is 4.74 Å². The molecule has 0 aromatic rings. The fraction of sp³-hybridized carbons (Fsp3) is 1.00. The van der Waals surface area contributed by atoms with Crippen molar-refractivity contribution in [3.63, 3.8) is 0 Å². The molecule has 112 valence electrons. The summed E-state index contributed by atoms with van der Waals surface area (Å²) in [4.78, 5) is 2.56. The van der Waals surface area contributed by atoms with Crippen molar-refractivity contribution < 1.29 is 4.74 Å². The zero-order chi connectivity index (χ0) is 13.9. The molecule has 2 rings (SSSR count). The van der Waals surface area contributed by atoms with Crippen LogP contribution in [0.1, 0.15) is 34.1 Å². The normalized spacial score (nSPS) is 29.4. The maximum absolute atomic E-state index is 5.45. The molecule has 0 saturated carbocycles. The highest BCUT2D eigenvalue weighted by molar-refractivity contribution is 7.99. The molecule has 2 aliphatic heterocycles. The molecule has 0 aromatic carbocycles. The summed E-state index contributed by atoms with van der Waals surface area (Å²) >= 11 is 2.10. The van der Waals surface area contributed by atoms with Crippen LogP contribution in [0.5, 0.6) is 0 Å². The van der Waals surface area contributed by atoms with Gasteiger partial charge in [-0.2, -0.15) is 11.8 Å². The molecular weight excluding hydrogens is 256 g/mol. The largest absolute Gasteiger partial charge is 0.379 e. The van der Waals surface area contributed by atoms with Gasteiger partial charge in [0.1, 0.15) is 0 Å². The van der Waals surface area contributed by atoms with Gasteiger partial charge in [-0.05, 0) is 31.4 Å². The van der Waals surface area contributed by atoms with Crippen molar-refractivity contribution in [2.75, 3.05) is 44.4 Å². The van der Waals surface area contributed by atoms with E-state index in [0.717, 1.165) is 32.8 Å². The third-order valence-corrected chi connectivity index (χ3v) is 5.92. The van der Waals surface area contributed by atoms with Gasteiger partial charge in [0.2, 0.25) is 0 Å². The number of nitrogens with one attached hydrogen (secondary N) is 1. The molecule has 3 nitrogen and oxygen atoms in total. The average molecular weight is 286 g/mol. The lowest BCUT2D eigenvalue weighted by atomic mass is 9.87. The lowest BCUT2D eigenvalue weighted by Gasteiger charge is -2.43. The van der Waals surface area contributed by atoms with Crippen LogP contribution in [0.15, 0.2) is 0 Å². The minimum Gasteiger partial charge on any atom is -0.379 e. The van der Waals surface area contributed by atoms with E-state index in [0.29, 0.717) is 11.5 Å². The van der Waals surface area contributed by atoms with Crippen LogP contribution in [0.2, 0.25) is 0 Å². The lowest BCUT2D eigenvalue weighted by molar-refractivity contribution is -0.0105. The van der Waals surface area contributed by atoms with Gasteiger partial charge in [-0.1, -0.05) is 13.8 Å². The van der Waals surface area contributed by atoms with Crippen molar-refractivity contribution in [1.29, 1.82) is 0 Å². The molecular formula is C15H30N2OS. The Bertz CT molecular complexity index is 288. The molecule has 0 spiro atoms. The predicted molar refractivity (Wildman–Crippen MR) is 84.0 cm³/mol. The number of ether oxygens (including phenoxy) is 1. The summed E-state index contributed by atoms with van der Waals surface area (Å²) in [6, 6.07) is 0.675. The van der Waals surface area contributed by atoms with Gasteiger partial charge in [-0.3, -0.25) is 4.90 Å². The van der Waals surface area contributed by atoms with Crippen LogP contribution >= 0.6 is 11.8 Å². The minimum absolute atomic E-state index is 0.232. The second kappa shape index (κ2) is 6.33. The van der Waals surface area contributed by atoms with Gasteiger partial charge < -0.3 is 10.1 Å². The summed E-state index contributed by atoms with van der Waals surface area (Å²) in [5.41, 5.74) is 0.722. The first-order valence-corrected chi connectivity index (χ1v) is 8.68. The van der Waals surface area contributed by atoms with E-state index in [1.807, 2.05) is 0 Å². The molecule has 0 aliphatic carbocycles. The van der Waals surface area contributed by atoms with E-state index in [2.05, 4.69) is 49.7 Å². The highest BCUT2D eigenvalue weighted by Gasteiger charge is 2.32. The first-order chi connectivity index (χ1) is 8.89. The topological polar surface area (TPSA) is 24.5 Å². The Kier molecular flexibility index (Phi) is 5.21. The Morgan fingerprint density at radius 1 is 1.32 bits per heavy atom. The Balaban J connectivity index is 1.80. The summed E-state index contributed by atoms with van der Waals surface area (Å²) in [5, 5.41) is 3.81. The fourth-order valence-electron chi connectivity index (χ4n) is 3.07. The average Bonchev–Trinajstić information content (AvgIpc) is 2.37. The highest BCUT2D eigenvalue weighted by atomic mass is 32.2. The minimum atomic E-state index is 0.232. The van der Waals surface area contributed by atoms with Crippen LogP contribution in [0, 0.1) is 5.41 Å². The fourth-order valence-corrected chi connectivity index (χ4v) is 4.38. The first kappa shape index (κ1) is 15.6. The molecule has 4 heteroatoms. The van der Waals surface area contributed by atoms with Crippen LogP contribution in [0.4, 0.5) is 0 Å². The number of nitrogens with zero attached hydrogens (tertiary/aromatic N) is 1. The Hall–Kier alpha value is 0.230. The monoisotopic (exact) mass is 286 g/mol. The predicted octanol–water partition coefficient (Wildman–Crippen LogP) is 2.22. The second-order valence-electron chi connectivity index (χ2n) is 7.37. The van der Waals surface area contributed by atoms with Gasteiger partial charge in [-0.15, -0.1) is 0 Å². The number of morpholine rings is 1. The van der Waals surface area contributed by atoms with Crippen molar-refractivity contribution in [3.05, 3.63) is 0 Å². The smallest absolute Gasteiger partial charge is 0.0594 e. The summed E-state index contributed by atoms with van der Waals surface area (Å²) in [6.07, 6.45) is 1.30. The summed E-state index contributed by atoms with van der Waals surface area (Å²) < 4.78 is 5.45. The first-order valence-electron chi connectivity index (χ1n) is 7.53. The molecule has 1 N–H and O–H groups in total. The van der Waals surface area contributed by atoms with E-state index >= 15 is 0 Å². The number of hydrogen-bond donors (Lipinski definition) is 1. The maximum Gasteiger partial charge on any atom is 0.0594 e. The SMILES string of the molecule is CC1(C)CSCC(NCC(C)(C)N2CCOCC2)C1. The van der Waals surface area contributed by atoms with Crippen molar-refractivity contribution in [1.82, 2.24) is 10.2 Å². The van der Waals surface area contributed by atoms with Crippen molar-refractivity contribution >= 4 is 11.8 Å². The maximum atomic E-state index is 5.45. The van der Waals surface area contributed by atoms with E-state index in [1.54, 1.807) is 0 Å². The molecule has 2 aliphatic rings. The third kappa shape index (κ3) is 4.62. The quantitative estimate of drug-likeness (QED) is 0.856. The molecule has 0 aromatic heterocycles. The van der Waals surface area contributed by atoms with Crippen molar-refractivity contribution in [2.45, 2.75) is 45.7 Å². The molecule has 2 heterocycles. The lowest BCUT2D eigenvalue weighted by Crippen LogP contribution is -2.56. The van der Waals surface area contributed by atoms with Crippen LogP contribution in [-0.2, 0) is 4.74 Å². The van der Waals surface area contributed by atoms with Crippen LogP contribution in [0.25, 0.3) is 0 Å². The summed E-state index contributed by atoms with van der Waals surface area (Å²) in [7, 11) is 0. The second-order valence-corrected chi connectivity index (χ2v) is 8.40. The van der Waals surface area contributed by atoms with Gasteiger partial charge in [0.05, 0.1) is 13.2 Å². The number of rotatable bonds is 4. The summed E-state index contributed by atoms with van der Waals surface area (Å²) in [6.45, 7) is 14.5. The molecule has 1 atom stereocenters. The van der Waals surface area contributed by atoms with E-state index in [9.17, 15) is 0 Å². The molecule has 1 unspecified atom stereocenters. The Labute approximate surface area is 122 Å². The third-order valence-electron chi connectivity index (χ3n) is 4.30.